The van der Waals surface area contributed by atoms with Crippen molar-refractivity contribution in [1.29, 1.82) is 0 Å². The van der Waals surface area contributed by atoms with Gasteiger partial charge >= 0.3 is 0 Å². The molecule has 1 aromatic heterocycles. The van der Waals surface area contributed by atoms with Gasteiger partial charge in [-0.05, 0) is 54.3 Å². The largest absolute Gasteiger partial charge is 0.487 e. The molecule has 0 atom stereocenters. The van der Waals surface area contributed by atoms with E-state index < -0.39 is 0 Å². The van der Waals surface area contributed by atoms with Gasteiger partial charge in [0.25, 0.3) is 11.5 Å². The van der Waals surface area contributed by atoms with Gasteiger partial charge in [0, 0.05) is 18.4 Å². The summed E-state index contributed by atoms with van der Waals surface area (Å²) in [6.45, 7) is 2.60. The number of pyridine rings is 1. The molecule has 2 aromatic carbocycles. The van der Waals surface area contributed by atoms with Gasteiger partial charge in [-0.25, -0.2) is 0 Å². The summed E-state index contributed by atoms with van der Waals surface area (Å²) in [6, 6.07) is 16.6. The van der Waals surface area contributed by atoms with Gasteiger partial charge in [-0.15, -0.1) is 0 Å². The predicted octanol–water partition coefficient (Wildman–Crippen LogP) is 5.55. The number of aryl methyl sites for hydroxylation is 2. The number of rotatable bonds is 9. The highest BCUT2D eigenvalue weighted by atomic mass is 35.5. The highest BCUT2D eigenvalue weighted by Gasteiger charge is 2.14. The number of nitrogens with zero attached hydrogens (tertiary/aromatic N) is 1. The molecule has 8 heteroatoms. The molecule has 0 aliphatic heterocycles. The Balaban J connectivity index is 1.78. The van der Waals surface area contributed by atoms with Gasteiger partial charge in [-0.2, -0.15) is 0 Å². The monoisotopic (exact) mass is 490 g/mol. The van der Waals surface area contributed by atoms with Crippen LogP contribution in [0.3, 0.4) is 0 Å². The van der Waals surface area contributed by atoms with Gasteiger partial charge in [-0.3, -0.25) is 14.3 Å². The van der Waals surface area contributed by atoms with Crippen molar-refractivity contribution in [3.63, 3.8) is 0 Å². The van der Waals surface area contributed by atoms with E-state index in [9.17, 15) is 9.59 Å². The van der Waals surface area contributed by atoms with Gasteiger partial charge in [-0.1, -0.05) is 66.3 Å². The summed E-state index contributed by atoms with van der Waals surface area (Å²) in [7, 11) is 0. The van der Waals surface area contributed by atoms with E-state index in [1.54, 1.807) is 23.0 Å². The summed E-state index contributed by atoms with van der Waals surface area (Å²) in [5, 5.41) is 0.446. The first kappa shape index (κ1) is 24.2. The lowest BCUT2D eigenvalue weighted by Gasteiger charge is -2.16. The van der Waals surface area contributed by atoms with Crippen LogP contribution >= 0.6 is 35.1 Å². The van der Waals surface area contributed by atoms with Crippen molar-refractivity contribution in [2.24, 2.45) is 0 Å². The third-order valence-electron chi connectivity index (χ3n) is 5.02. The average molecular weight is 491 g/mol. The van der Waals surface area contributed by atoms with E-state index in [0.29, 0.717) is 35.0 Å². The molecule has 0 saturated heterocycles. The molecule has 0 unspecified atom stereocenters. The van der Waals surface area contributed by atoms with E-state index in [0.717, 1.165) is 17.5 Å². The zero-order chi connectivity index (χ0) is 23.1. The van der Waals surface area contributed by atoms with Crippen LogP contribution in [0.2, 0.25) is 10.0 Å². The van der Waals surface area contributed by atoms with Crippen LogP contribution in [0.1, 0.15) is 34.1 Å². The van der Waals surface area contributed by atoms with E-state index in [-0.39, 0.29) is 23.1 Å². The average Bonchev–Trinajstić information content (AvgIpc) is 2.80. The van der Waals surface area contributed by atoms with E-state index >= 15 is 0 Å². The van der Waals surface area contributed by atoms with Crippen LogP contribution in [0.15, 0.2) is 59.4 Å². The molecule has 168 valence electrons. The van der Waals surface area contributed by atoms with Crippen molar-refractivity contribution in [1.82, 2.24) is 9.29 Å². The minimum absolute atomic E-state index is 0.0656. The normalized spacial score (nSPS) is 10.8. The molecule has 0 radical (unpaired) electrons. The lowest BCUT2D eigenvalue weighted by atomic mass is 10.1. The van der Waals surface area contributed by atoms with Gasteiger partial charge in [0.1, 0.15) is 17.4 Å². The maximum absolute atomic E-state index is 12.8. The van der Waals surface area contributed by atoms with Crippen molar-refractivity contribution in [2.75, 3.05) is 6.26 Å². The lowest BCUT2D eigenvalue weighted by molar-refractivity contribution is 0.0984. The van der Waals surface area contributed by atoms with E-state index in [2.05, 4.69) is 11.6 Å². The maximum Gasteiger partial charge on any atom is 0.269 e. The molecule has 1 N–H and O–H groups in total. The summed E-state index contributed by atoms with van der Waals surface area (Å²) in [5.74, 6) is 0.571. The van der Waals surface area contributed by atoms with Crippen LogP contribution in [0.5, 0.6) is 5.75 Å². The van der Waals surface area contributed by atoms with E-state index in [1.807, 2.05) is 36.4 Å². The van der Waals surface area contributed by atoms with Gasteiger partial charge in [0.05, 0.1) is 10.7 Å². The van der Waals surface area contributed by atoms with Crippen LogP contribution < -0.4 is 15.0 Å². The van der Waals surface area contributed by atoms with Crippen LogP contribution in [-0.2, 0) is 26.0 Å². The second-order valence-electron chi connectivity index (χ2n) is 7.12. The standard InChI is InChI=1S/C24H24Cl2N2O3S/c1-3-16-5-4-6-19(13-16)31-15-22-20(25)14-21(26)24(30)28(22)12-11-17-7-9-18(10-8-17)23(29)27-32-2/h4-10,13-14H,3,11-12,15H2,1-2H3,(H,27,29). The molecule has 0 aliphatic carbocycles. The number of ether oxygens (including phenoxy) is 1. The molecule has 5 nitrogen and oxygen atoms in total. The molecule has 1 amide bonds. The van der Waals surface area contributed by atoms with Crippen molar-refractivity contribution in [3.8, 4) is 5.75 Å². The van der Waals surface area contributed by atoms with Gasteiger partial charge in [0.15, 0.2) is 0 Å². The molecule has 0 spiro atoms. The van der Waals surface area contributed by atoms with Crippen LogP contribution in [0, 0.1) is 0 Å². The molecule has 0 aliphatic rings. The minimum atomic E-state index is -0.312. The van der Waals surface area contributed by atoms with Crippen LogP contribution in [0.4, 0.5) is 0 Å². The number of halogens is 2. The zero-order valence-electron chi connectivity index (χ0n) is 17.9. The third kappa shape index (κ3) is 6.09. The Hall–Kier alpha value is -2.41. The number of hydrogen-bond donors (Lipinski definition) is 1. The molecule has 3 aromatic rings. The molecule has 0 saturated carbocycles. The predicted molar refractivity (Wildman–Crippen MR) is 132 cm³/mol. The van der Waals surface area contributed by atoms with Gasteiger partial charge in [0.2, 0.25) is 0 Å². The topological polar surface area (TPSA) is 60.3 Å². The third-order valence-corrected chi connectivity index (χ3v) is 6.01. The van der Waals surface area contributed by atoms with Gasteiger partial charge < -0.3 is 9.30 Å². The number of carbonyl (C=O) groups is 1. The molecule has 1 heterocycles. The SMILES string of the molecule is CCc1cccc(OCc2c(Cl)cc(Cl)c(=O)n2CCc2ccc(C(=O)NSC)cc2)c1. The second-order valence-corrected chi connectivity index (χ2v) is 8.54. The highest BCUT2D eigenvalue weighted by molar-refractivity contribution is 7.97. The quantitative estimate of drug-likeness (QED) is 0.399. The van der Waals surface area contributed by atoms with Crippen LogP contribution in [0.25, 0.3) is 0 Å². The highest BCUT2D eigenvalue weighted by Crippen LogP contribution is 2.22. The second kappa shape index (κ2) is 11.5. The number of amides is 1. The van der Waals surface area contributed by atoms with Crippen LogP contribution in [-0.4, -0.2) is 16.7 Å². The van der Waals surface area contributed by atoms with Crippen molar-refractivity contribution >= 4 is 41.1 Å². The summed E-state index contributed by atoms with van der Waals surface area (Å²) in [4.78, 5) is 24.7. The van der Waals surface area contributed by atoms with Crippen molar-refractivity contribution < 1.29 is 9.53 Å². The smallest absolute Gasteiger partial charge is 0.269 e. The first-order valence-corrected chi connectivity index (χ1v) is 12.1. The minimum Gasteiger partial charge on any atom is -0.487 e. The fraction of sp³-hybridized carbons (Fsp3) is 0.250. The Kier molecular flexibility index (Phi) is 8.67. The molecular formula is C24H24Cl2N2O3S. The Bertz CT molecular complexity index is 1150. The Labute approximate surface area is 201 Å². The molecule has 3 rings (SSSR count). The number of carbonyl (C=O) groups excluding carboxylic acids is 1. The molecule has 32 heavy (non-hydrogen) atoms. The summed E-state index contributed by atoms with van der Waals surface area (Å²) in [6.07, 6.45) is 3.27. The Morgan fingerprint density at radius 1 is 1.06 bits per heavy atom. The molecule has 0 bridgehead atoms. The fourth-order valence-corrected chi connectivity index (χ4v) is 4.08. The summed E-state index contributed by atoms with van der Waals surface area (Å²) < 4.78 is 10.2. The molecule has 0 fully saturated rings. The summed E-state index contributed by atoms with van der Waals surface area (Å²) in [5.41, 5.74) is 2.98. The first-order chi connectivity index (χ1) is 15.4. The maximum atomic E-state index is 12.8. The van der Waals surface area contributed by atoms with Crippen molar-refractivity contribution in [3.05, 3.63) is 97.4 Å². The first-order valence-electron chi connectivity index (χ1n) is 10.1. The molecular weight excluding hydrogens is 467 g/mol. The Morgan fingerprint density at radius 2 is 1.81 bits per heavy atom. The van der Waals surface area contributed by atoms with E-state index in [1.165, 1.54) is 18.0 Å². The fourth-order valence-electron chi connectivity index (χ4n) is 3.24. The number of benzene rings is 2. The Morgan fingerprint density at radius 3 is 2.50 bits per heavy atom. The number of hydrogen-bond acceptors (Lipinski definition) is 4. The number of nitrogens with one attached hydrogen (secondary N) is 1. The zero-order valence-corrected chi connectivity index (χ0v) is 20.2. The summed E-state index contributed by atoms with van der Waals surface area (Å²) >= 11 is 13.8. The lowest BCUT2D eigenvalue weighted by Crippen LogP contribution is -2.26. The number of aromatic nitrogens is 1. The van der Waals surface area contributed by atoms with Crippen molar-refractivity contribution in [2.45, 2.75) is 32.9 Å². The van der Waals surface area contributed by atoms with E-state index in [4.69, 9.17) is 27.9 Å².